The molecule has 1 aliphatic heterocycles. The van der Waals surface area contributed by atoms with Crippen molar-refractivity contribution in [1.82, 2.24) is 10.2 Å². The third-order valence-corrected chi connectivity index (χ3v) is 4.57. The third-order valence-electron chi connectivity index (χ3n) is 4.08. The number of rotatable bonds is 5. The number of hydrogen-bond acceptors (Lipinski definition) is 2. The Hall–Kier alpha value is -0.870. The normalized spacial score (nSPS) is 18.5. The average Bonchev–Trinajstić information content (AvgIpc) is 2.47. The first kappa shape index (κ1) is 16.5. The molecular formula is C17H25BrN2O. The molecule has 1 unspecified atom stereocenters. The smallest absolute Gasteiger partial charge is 0.254 e. The molecule has 4 heteroatoms. The highest BCUT2D eigenvalue weighted by Crippen LogP contribution is 2.19. The van der Waals surface area contributed by atoms with E-state index in [1.165, 1.54) is 12.8 Å². The Morgan fingerprint density at radius 1 is 1.48 bits per heavy atom. The largest absolute Gasteiger partial charge is 0.338 e. The van der Waals surface area contributed by atoms with Gasteiger partial charge in [-0.1, -0.05) is 22.9 Å². The number of halogens is 1. The Morgan fingerprint density at radius 3 is 2.90 bits per heavy atom. The predicted octanol–water partition coefficient (Wildman–Crippen LogP) is 3.61. The molecule has 0 spiro atoms. The maximum atomic E-state index is 12.8. The first-order chi connectivity index (χ1) is 10.1. The minimum atomic E-state index is 0.174. The molecule has 3 nitrogen and oxygen atoms in total. The Bertz CT molecular complexity index is 484. The highest BCUT2D eigenvalue weighted by Gasteiger charge is 2.22. The van der Waals surface area contributed by atoms with E-state index in [4.69, 9.17) is 0 Å². The summed E-state index contributed by atoms with van der Waals surface area (Å²) in [6, 6.07) is 5.90. The summed E-state index contributed by atoms with van der Waals surface area (Å²) in [6.07, 6.45) is 3.44. The van der Waals surface area contributed by atoms with Gasteiger partial charge in [0.25, 0.3) is 5.91 Å². The fraction of sp³-hybridized carbons (Fsp3) is 0.588. The second-order valence-corrected chi connectivity index (χ2v) is 6.84. The minimum Gasteiger partial charge on any atom is -0.338 e. The van der Waals surface area contributed by atoms with Crippen molar-refractivity contribution >= 4 is 21.8 Å². The summed E-state index contributed by atoms with van der Waals surface area (Å²) >= 11 is 3.46. The summed E-state index contributed by atoms with van der Waals surface area (Å²) in [5, 5.41) is 3.44. The molecule has 116 valence electrons. The van der Waals surface area contributed by atoms with Gasteiger partial charge in [-0.05, 0) is 69.0 Å². The van der Waals surface area contributed by atoms with Crippen LogP contribution in [0.5, 0.6) is 0 Å². The van der Waals surface area contributed by atoms with Gasteiger partial charge in [0.1, 0.15) is 0 Å². The van der Waals surface area contributed by atoms with Gasteiger partial charge in [0, 0.05) is 23.1 Å². The van der Waals surface area contributed by atoms with Crippen LogP contribution in [0.25, 0.3) is 0 Å². The quantitative estimate of drug-likeness (QED) is 0.877. The molecule has 1 N–H and O–H groups in total. The van der Waals surface area contributed by atoms with Crippen molar-refractivity contribution < 1.29 is 4.79 Å². The first-order valence-corrected chi connectivity index (χ1v) is 8.67. The summed E-state index contributed by atoms with van der Waals surface area (Å²) in [5.41, 5.74) is 1.87. The maximum absolute atomic E-state index is 12.8. The second-order valence-electron chi connectivity index (χ2n) is 5.92. The zero-order valence-corrected chi connectivity index (χ0v) is 14.6. The summed E-state index contributed by atoms with van der Waals surface area (Å²) < 4.78 is 1.02. The molecule has 1 aromatic carbocycles. The third kappa shape index (κ3) is 4.55. The minimum absolute atomic E-state index is 0.174. The zero-order chi connectivity index (χ0) is 15.2. The predicted molar refractivity (Wildman–Crippen MR) is 90.7 cm³/mol. The highest BCUT2D eigenvalue weighted by atomic mass is 79.9. The Labute approximate surface area is 136 Å². The van der Waals surface area contributed by atoms with Crippen molar-refractivity contribution in [2.45, 2.75) is 33.1 Å². The van der Waals surface area contributed by atoms with Crippen LogP contribution in [0.4, 0.5) is 0 Å². The number of nitrogens with zero attached hydrogens (tertiary/aromatic N) is 1. The standard InChI is InChI=1S/C17H25BrN2O/c1-3-9-20(12-14-5-4-8-19-11-14)17(21)16-7-6-15(18)10-13(16)2/h6-7,10,14,19H,3-5,8-9,11-12H2,1-2H3. The maximum Gasteiger partial charge on any atom is 0.254 e. The van der Waals surface area contributed by atoms with Gasteiger partial charge < -0.3 is 10.2 Å². The van der Waals surface area contributed by atoms with Crippen LogP contribution in [0.2, 0.25) is 0 Å². The van der Waals surface area contributed by atoms with Crippen LogP contribution >= 0.6 is 15.9 Å². The summed E-state index contributed by atoms with van der Waals surface area (Å²) in [5.74, 6) is 0.762. The zero-order valence-electron chi connectivity index (χ0n) is 13.0. The van der Waals surface area contributed by atoms with E-state index >= 15 is 0 Å². The fourth-order valence-corrected chi connectivity index (χ4v) is 3.45. The monoisotopic (exact) mass is 352 g/mol. The van der Waals surface area contributed by atoms with Crippen molar-refractivity contribution in [2.75, 3.05) is 26.2 Å². The summed E-state index contributed by atoms with van der Waals surface area (Å²) in [6.45, 7) is 8.00. The number of carbonyl (C=O) groups excluding carboxylic acids is 1. The molecule has 21 heavy (non-hydrogen) atoms. The van der Waals surface area contributed by atoms with Gasteiger partial charge in [-0.2, -0.15) is 0 Å². The van der Waals surface area contributed by atoms with Crippen LogP contribution in [0.3, 0.4) is 0 Å². The Morgan fingerprint density at radius 2 is 2.29 bits per heavy atom. The number of aryl methyl sites for hydroxylation is 1. The highest BCUT2D eigenvalue weighted by molar-refractivity contribution is 9.10. The molecule has 1 atom stereocenters. The molecule has 2 rings (SSSR count). The molecule has 1 saturated heterocycles. The van der Waals surface area contributed by atoms with E-state index in [0.29, 0.717) is 5.92 Å². The van der Waals surface area contributed by atoms with Crippen LogP contribution in [-0.4, -0.2) is 37.0 Å². The Kier molecular flexibility index (Phi) is 6.24. The lowest BCUT2D eigenvalue weighted by Gasteiger charge is -2.30. The lowest BCUT2D eigenvalue weighted by atomic mass is 9.98. The summed E-state index contributed by atoms with van der Waals surface area (Å²) in [7, 11) is 0. The molecule has 0 bridgehead atoms. The van der Waals surface area contributed by atoms with Gasteiger partial charge in [-0.25, -0.2) is 0 Å². The number of hydrogen-bond donors (Lipinski definition) is 1. The van der Waals surface area contributed by atoms with Crippen molar-refractivity contribution in [3.05, 3.63) is 33.8 Å². The topological polar surface area (TPSA) is 32.3 Å². The van der Waals surface area contributed by atoms with Gasteiger partial charge in [-0.15, -0.1) is 0 Å². The molecule has 0 saturated carbocycles. The Balaban J connectivity index is 2.10. The molecule has 1 heterocycles. The number of nitrogens with one attached hydrogen (secondary N) is 1. The SMILES string of the molecule is CCCN(CC1CCCNC1)C(=O)c1ccc(Br)cc1C. The van der Waals surface area contributed by atoms with E-state index in [9.17, 15) is 4.79 Å². The fourth-order valence-electron chi connectivity index (χ4n) is 2.97. The molecule has 1 aliphatic rings. The first-order valence-electron chi connectivity index (χ1n) is 7.88. The van der Waals surface area contributed by atoms with Gasteiger partial charge in [0.2, 0.25) is 0 Å². The molecule has 0 radical (unpaired) electrons. The van der Waals surface area contributed by atoms with E-state index in [2.05, 4.69) is 28.2 Å². The van der Waals surface area contributed by atoms with Crippen molar-refractivity contribution in [3.63, 3.8) is 0 Å². The number of amides is 1. The van der Waals surface area contributed by atoms with Gasteiger partial charge in [-0.3, -0.25) is 4.79 Å². The average molecular weight is 353 g/mol. The molecule has 1 fully saturated rings. The second kappa shape index (κ2) is 7.95. The lowest BCUT2D eigenvalue weighted by Crippen LogP contribution is -2.41. The van der Waals surface area contributed by atoms with E-state index in [1.807, 2.05) is 30.0 Å². The molecular weight excluding hydrogens is 328 g/mol. The van der Waals surface area contributed by atoms with Gasteiger partial charge in [0.15, 0.2) is 0 Å². The van der Waals surface area contributed by atoms with Gasteiger partial charge >= 0.3 is 0 Å². The van der Waals surface area contributed by atoms with E-state index < -0.39 is 0 Å². The number of carbonyl (C=O) groups is 1. The van der Waals surface area contributed by atoms with Crippen LogP contribution in [0.1, 0.15) is 42.1 Å². The molecule has 1 aromatic rings. The van der Waals surface area contributed by atoms with E-state index in [1.54, 1.807) is 0 Å². The lowest BCUT2D eigenvalue weighted by molar-refractivity contribution is 0.0718. The van der Waals surface area contributed by atoms with Gasteiger partial charge in [0.05, 0.1) is 0 Å². The van der Waals surface area contributed by atoms with Crippen molar-refractivity contribution in [1.29, 1.82) is 0 Å². The van der Waals surface area contributed by atoms with Crippen LogP contribution in [0.15, 0.2) is 22.7 Å². The molecule has 1 amide bonds. The van der Waals surface area contributed by atoms with Crippen LogP contribution < -0.4 is 5.32 Å². The van der Waals surface area contributed by atoms with Crippen molar-refractivity contribution in [3.8, 4) is 0 Å². The molecule has 0 aromatic heterocycles. The van der Waals surface area contributed by atoms with E-state index in [0.717, 1.165) is 48.2 Å². The van der Waals surface area contributed by atoms with Crippen LogP contribution in [-0.2, 0) is 0 Å². The van der Waals surface area contributed by atoms with Crippen molar-refractivity contribution in [2.24, 2.45) is 5.92 Å². The van der Waals surface area contributed by atoms with E-state index in [-0.39, 0.29) is 5.91 Å². The van der Waals surface area contributed by atoms with Crippen LogP contribution in [0, 0.1) is 12.8 Å². The number of piperidine rings is 1. The number of benzene rings is 1. The summed E-state index contributed by atoms with van der Waals surface area (Å²) in [4.78, 5) is 14.9. The molecule has 0 aliphatic carbocycles.